The lowest BCUT2D eigenvalue weighted by Crippen LogP contribution is -2.36. The van der Waals surface area contributed by atoms with Gasteiger partial charge in [-0.1, -0.05) is 12.1 Å². The van der Waals surface area contributed by atoms with Gasteiger partial charge in [-0.05, 0) is 57.3 Å². The summed E-state index contributed by atoms with van der Waals surface area (Å²) in [7, 11) is 0. The molecule has 0 radical (unpaired) electrons. The molecule has 1 fully saturated rings. The van der Waals surface area contributed by atoms with E-state index >= 15 is 0 Å². The Bertz CT molecular complexity index is 439. The van der Waals surface area contributed by atoms with Gasteiger partial charge in [0.2, 0.25) is 0 Å². The summed E-state index contributed by atoms with van der Waals surface area (Å²) in [6, 6.07) is 7.23. The van der Waals surface area contributed by atoms with Crippen LogP contribution in [0.3, 0.4) is 0 Å². The Labute approximate surface area is 119 Å². The van der Waals surface area contributed by atoms with E-state index < -0.39 is 0 Å². The van der Waals surface area contributed by atoms with Gasteiger partial charge < -0.3 is 5.73 Å². The Kier molecular flexibility index (Phi) is 5.09. The third-order valence-electron chi connectivity index (χ3n) is 4.36. The molecule has 0 amide bonds. The molecule has 1 heterocycles. The highest BCUT2D eigenvalue weighted by atomic mass is 16.6. The van der Waals surface area contributed by atoms with Gasteiger partial charge in [0, 0.05) is 18.2 Å². The summed E-state index contributed by atoms with van der Waals surface area (Å²) in [6.07, 6.45) is 3.53. The highest BCUT2D eigenvalue weighted by molar-refractivity contribution is 5.34. The van der Waals surface area contributed by atoms with E-state index in [1.165, 1.54) is 12.8 Å². The molecule has 0 aromatic heterocycles. The summed E-state index contributed by atoms with van der Waals surface area (Å²) in [5.41, 5.74) is 6.92. The molecule has 0 bridgehead atoms. The normalized spacial score (nSPS) is 18.9. The fraction of sp³-hybridized carbons (Fsp3) is 0.600. The van der Waals surface area contributed by atoms with Gasteiger partial charge in [-0.15, -0.1) is 0 Å². The summed E-state index contributed by atoms with van der Waals surface area (Å²) in [6.45, 7) is 5.12. The zero-order valence-electron chi connectivity index (χ0n) is 12.0. The second-order valence-corrected chi connectivity index (χ2v) is 5.58. The van der Waals surface area contributed by atoms with Crippen LogP contribution in [0.15, 0.2) is 24.3 Å². The molecule has 2 rings (SSSR count). The molecule has 1 unspecified atom stereocenters. The van der Waals surface area contributed by atoms with Crippen LogP contribution in [0.4, 0.5) is 5.69 Å². The minimum absolute atomic E-state index is 0.155. The predicted octanol–water partition coefficient (Wildman–Crippen LogP) is 2.72. The molecule has 1 aromatic rings. The zero-order chi connectivity index (χ0) is 14.5. The number of piperidine rings is 1. The number of hydrogen-bond acceptors (Lipinski definition) is 4. The van der Waals surface area contributed by atoms with Crippen LogP contribution in [0.25, 0.3) is 0 Å². The van der Waals surface area contributed by atoms with E-state index in [9.17, 15) is 10.1 Å². The molecule has 5 heteroatoms. The van der Waals surface area contributed by atoms with Crippen molar-refractivity contribution in [2.45, 2.75) is 32.2 Å². The number of rotatable bonds is 5. The molecular weight excluding hydrogens is 254 g/mol. The van der Waals surface area contributed by atoms with E-state index in [0.717, 1.165) is 37.5 Å². The lowest BCUT2D eigenvalue weighted by molar-refractivity contribution is -0.384. The molecule has 0 saturated carbocycles. The Hall–Kier alpha value is -1.46. The molecule has 5 nitrogen and oxygen atoms in total. The van der Waals surface area contributed by atoms with Gasteiger partial charge >= 0.3 is 0 Å². The van der Waals surface area contributed by atoms with Gasteiger partial charge in [0.1, 0.15) is 0 Å². The first-order chi connectivity index (χ1) is 9.61. The van der Waals surface area contributed by atoms with Gasteiger partial charge in [0.05, 0.1) is 4.92 Å². The van der Waals surface area contributed by atoms with Crippen molar-refractivity contribution in [1.82, 2.24) is 4.90 Å². The second-order valence-electron chi connectivity index (χ2n) is 5.58. The second kappa shape index (κ2) is 6.81. The summed E-state index contributed by atoms with van der Waals surface area (Å²) in [5.74, 6) is 0.764. The molecule has 1 saturated heterocycles. The minimum Gasteiger partial charge on any atom is -0.330 e. The van der Waals surface area contributed by atoms with Gasteiger partial charge in [0.15, 0.2) is 0 Å². The first-order valence-corrected chi connectivity index (χ1v) is 7.30. The van der Waals surface area contributed by atoms with Crippen molar-refractivity contribution in [3.8, 4) is 0 Å². The van der Waals surface area contributed by atoms with Gasteiger partial charge in [-0.3, -0.25) is 15.0 Å². The van der Waals surface area contributed by atoms with E-state index in [0.29, 0.717) is 6.04 Å². The Morgan fingerprint density at radius 1 is 1.35 bits per heavy atom. The number of nitro benzene ring substituents is 1. The number of benzene rings is 1. The maximum Gasteiger partial charge on any atom is 0.269 e. The van der Waals surface area contributed by atoms with Crippen molar-refractivity contribution in [3.63, 3.8) is 0 Å². The molecule has 0 aliphatic carbocycles. The third-order valence-corrected chi connectivity index (χ3v) is 4.36. The van der Waals surface area contributed by atoms with Crippen LogP contribution in [0.5, 0.6) is 0 Å². The average molecular weight is 277 g/mol. The number of nitro groups is 1. The minimum atomic E-state index is -0.354. The maximum absolute atomic E-state index is 10.7. The molecule has 1 aromatic carbocycles. The number of likely N-dealkylation sites (tertiary alicyclic amines) is 1. The van der Waals surface area contributed by atoms with Crippen LogP contribution in [-0.4, -0.2) is 29.5 Å². The smallest absolute Gasteiger partial charge is 0.269 e. The Morgan fingerprint density at radius 3 is 2.45 bits per heavy atom. The van der Waals surface area contributed by atoms with Gasteiger partial charge in [0.25, 0.3) is 5.69 Å². The average Bonchev–Trinajstić information content (AvgIpc) is 2.48. The molecule has 1 aliphatic rings. The monoisotopic (exact) mass is 277 g/mol. The van der Waals surface area contributed by atoms with Crippen molar-refractivity contribution >= 4 is 5.69 Å². The third kappa shape index (κ3) is 3.55. The van der Waals surface area contributed by atoms with Crippen LogP contribution in [0, 0.1) is 16.0 Å². The molecule has 0 spiro atoms. The summed E-state index contributed by atoms with van der Waals surface area (Å²) < 4.78 is 0. The largest absolute Gasteiger partial charge is 0.330 e. The van der Waals surface area contributed by atoms with Crippen molar-refractivity contribution in [1.29, 1.82) is 0 Å². The molecule has 1 atom stereocenters. The zero-order valence-corrected chi connectivity index (χ0v) is 12.0. The van der Waals surface area contributed by atoms with Crippen LogP contribution >= 0.6 is 0 Å². The standard InChI is InChI=1S/C15H23N3O2/c1-12(14-2-4-15(5-3-14)18(19)20)17-10-7-13(6-9-16)8-11-17/h2-5,12-13H,6-11,16H2,1H3. The quantitative estimate of drug-likeness (QED) is 0.663. The number of hydrogen-bond donors (Lipinski definition) is 1. The first-order valence-electron chi connectivity index (χ1n) is 7.30. The summed E-state index contributed by atoms with van der Waals surface area (Å²) in [5, 5.41) is 10.7. The van der Waals surface area contributed by atoms with E-state index in [1.807, 2.05) is 12.1 Å². The first kappa shape index (κ1) is 14.9. The number of nitrogens with two attached hydrogens (primary N) is 1. The highest BCUT2D eigenvalue weighted by Gasteiger charge is 2.23. The highest BCUT2D eigenvalue weighted by Crippen LogP contribution is 2.28. The Balaban J connectivity index is 1.94. The van der Waals surface area contributed by atoms with Crippen LogP contribution < -0.4 is 5.73 Å². The SMILES string of the molecule is CC(c1ccc([N+](=O)[O-])cc1)N1CCC(CCN)CC1. The number of nitrogens with zero attached hydrogens (tertiary/aromatic N) is 2. The fourth-order valence-electron chi connectivity index (χ4n) is 2.95. The topological polar surface area (TPSA) is 72.4 Å². The van der Waals surface area contributed by atoms with Gasteiger partial charge in [-0.2, -0.15) is 0 Å². The predicted molar refractivity (Wildman–Crippen MR) is 79.5 cm³/mol. The van der Waals surface area contributed by atoms with E-state index in [1.54, 1.807) is 12.1 Å². The van der Waals surface area contributed by atoms with E-state index in [-0.39, 0.29) is 10.6 Å². The maximum atomic E-state index is 10.7. The van der Waals surface area contributed by atoms with Crippen molar-refractivity contribution in [2.75, 3.05) is 19.6 Å². The molecule has 110 valence electrons. The van der Waals surface area contributed by atoms with Crippen molar-refractivity contribution in [3.05, 3.63) is 39.9 Å². The summed E-state index contributed by atoms with van der Waals surface area (Å²) in [4.78, 5) is 12.8. The van der Waals surface area contributed by atoms with Crippen LogP contribution in [0.2, 0.25) is 0 Å². The van der Waals surface area contributed by atoms with Crippen LogP contribution in [-0.2, 0) is 0 Å². The van der Waals surface area contributed by atoms with E-state index in [2.05, 4.69) is 11.8 Å². The van der Waals surface area contributed by atoms with Crippen LogP contribution in [0.1, 0.15) is 37.8 Å². The molecule has 2 N–H and O–H groups in total. The van der Waals surface area contributed by atoms with E-state index in [4.69, 9.17) is 5.73 Å². The number of non-ortho nitro benzene ring substituents is 1. The molecular formula is C15H23N3O2. The lowest BCUT2D eigenvalue weighted by atomic mass is 9.92. The molecule has 1 aliphatic heterocycles. The molecule has 20 heavy (non-hydrogen) atoms. The van der Waals surface area contributed by atoms with Crippen molar-refractivity contribution < 1.29 is 4.92 Å². The lowest BCUT2D eigenvalue weighted by Gasteiger charge is -2.36. The van der Waals surface area contributed by atoms with Crippen molar-refractivity contribution in [2.24, 2.45) is 11.7 Å². The summed E-state index contributed by atoms with van der Waals surface area (Å²) >= 11 is 0. The Morgan fingerprint density at radius 2 is 1.95 bits per heavy atom. The fourth-order valence-corrected chi connectivity index (χ4v) is 2.95. The van der Waals surface area contributed by atoms with Gasteiger partial charge in [-0.25, -0.2) is 0 Å².